The van der Waals surface area contributed by atoms with Crippen LogP contribution in [0.5, 0.6) is 5.75 Å². The number of fused-ring (bicyclic) bond motifs is 6. The maximum atomic E-state index is 14.1. The number of piperidine rings is 1. The van der Waals surface area contributed by atoms with Crippen molar-refractivity contribution in [2.24, 2.45) is 22.7 Å². The third-order valence-electron chi connectivity index (χ3n) is 13.5. The van der Waals surface area contributed by atoms with E-state index < -0.39 is 24.3 Å². The number of likely N-dealkylation sites (tertiary alicyclic amines) is 2. The third kappa shape index (κ3) is 7.47. The summed E-state index contributed by atoms with van der Waals surface area (Å²) in [6, 6.07) is 17.6. The minimum atomic E-state index is -0.694. The second-order valence-electron chi connectivity index (χ2n) is 18.0. The summed E-state index contributed by atoms with van der Waals surface area (Å²) in [6.07, 6.45) is 5.90. The number of aromatic amines is 1. The van der Waals surface area contributed by atoms with Gasteiger partial charge in [-0.3, -0.25) is 14.6 Å². The fourth-order valence-corrected chi connectivity index (χ4v) is 10.4. The Kier molecular flexibility index (Phi) is 11.0. The molecule has 4 amide bonds. The van der Waals surface area contributed by atoms with E-state index in [-0.39, 0.29) is 41.8 Å². The molecule has 5 heterocycles. The fourth-order valence-electron chi connectivity index (χ4n) is 10.4. The number of hydrogen-bond donors (Lipinski definition) is 3. The number of amides is 4. The second-order valence-corrected chi connectivity index (χ2v) is 18.0. The van der Waals surface area contributed by atoms with Crippen molar-refractivity contribution in [3.63, 3.8) is 0 Å². The summed E-state index contributed by atoms with van der Waals surface area (Å²) in [5, 5.41) is 5.50. The smallest absolute Gasteiger partial charge is 0.407 e. The first kappa shape index (κ1) is 41.2. The molecular weight excluding hydrogens is 787 g/mol. The summed E-state index contributed by atoms with van der Waals surface area (Å²) < 4.78 is 16.0. The highest BCUT2D eigenvalue weighted by atomic mass is 16.5. The standard InChI is InChI=1S/C48H55N7O7/c1-25(2)41(52-47(58)60-5)45(56)54-17-7-8-39(54)44-49-23-38(51-44)29-11-14-34-32(19-29)24-62-40-22-28(10-15-35(34)40)27-12-16-36-31(18-27)21-37(50-36)43-30-9-13-33(20-30)55(43)46(57)42(26(3)4)53-48(59)61-6/h10-12,14-16,18-19,22-23,25-26,30,33,39,41-43H,7-9,13,17,20-21,24H2,1-6H3,(H,49,51)(H,52,58)(H,53,59)/t30-,33-,39+,41+,42+,43+/m1/s1. The van der Waals surface area contributed by atoms with Crippen molar-refractivity contribution in [3.8, 4) is 39.3 Å². The third-order valence-corrected chi connectivity index (χ3v) is 13.5. The van der Waals surface area contributed by atoms with Gasteiger partial charge in [0.1, 0.15) is 30.3 Å². The molecule has 5 aliphatic rings. The number of hydrogen-bond acceptors (Lipinski definition) is 9. The maximum Gasteiger partial charge on any atom is 0.407 e. The number of nitrogens with zero attached hydrogens (tertiary/aromatic N) is 4. The number of alkyl carbamates (subject to hydrolysis) is 2. The number of aliphatic imine (C=N–C) groups is 1. The Morgan fingerprint density at radius 1 is 0.806 bits per heavy atom. The number of methoxy groups -OCH3 is 2. The van der Waals surface area contributed by atoms with Gasteiger partial charge in [0.25, 0.3) is 0 Å². The van der Waals surface area contributed by atoms with Gasteiger partial charge in [-0.2, -0.15) is 0 Å². The summed E-state index contributed by atoms with van der Waals surface area (Å²) in [6.45, 7) is 8.71. The van der Waals surface area contributed by atoms with Crippen LogP contribution in [-0.4, -0.2) is 94.4 Å². The van der Waals surface area contributed by atoms with Gasteiger partial charge in [0.05, 0.1) is 43.9 Å². The number of aromatic nitrogens is 2. The number of carbonyl (C=O) groups is 4. The maximum absolute atomic E-state index is 14.1. The molecule has 2 saturated heterocycles. The molecule has 1 aliphatic carbocycles. The van der Waals surface area contributed by atoms with E-state index in [0.717, 1.165) is 99.7 Å². The molecule has 3 N–H and O–H groups in total. The van der Waals surface area contributed by atoms with E-state index in [4.69, 9.17) is 24.2 Å². The highest BCUT2D eigenvalue weighted by Gasteiger charge is 2.52. The van der Waals surface area contributed by atoms with E-state index >= 15 is 0 Å². The lowest BCUT2D eigenvalue weighted by molar-refractivity contribution is -0.137. The second kappa shape index (κ2) is 16.6. The molecule has 3 fully saturated rings. The van der Waals surface area contributed by atoms with Crippen molar-refractivity contribution in [3.05, 3.63) is 77.7 Å². The number of benzene rings is 3. The predicted molar refractivity (Wildman–Crippen MR) is 234 cm³/mol. The molecule has 324 valence electrons. The molecule has 0 spiro atoms. The zero-order valence-electron chi connectivity index (χ0n) is 36.2. The van der Waals surface area contributed by atoms with Gasteiger partial charge >= 0.3 is 12.2 Å². The Labute approximate surface area is 361 Å². The number of nitrogens with one attached hydrogen (secondary N) is 3. The summed E-state index contributed by atoms with van der Waals surface area (Å²) in [7, 11) is 2.61. The Balaban J connectivity index is 0.892. The zero-order valence-corrected chi connectivity index (χ0v) is 36.2. The minimum Gasteiger partial charge on any atom is -0.488 e. The quantitative estimate of drug-likeness (QED) is 0.146. The van der Waals surface area contributed by atoms with E-state index in [1.807, 2.05) is 43.7 Å². The lowest BCUT2D eigenvalue weighted by atomic mass is 9.90. The molecule has 9 rings (SSSR count). The summed E-state index contributed by atoms with van der Waals surface area (Å²) >= 11 is 0. The van der Waals surface area contributed by atoms with Crippen molar-refractivity contribution in [2.75, 3.05) is 20.8 Å². The molecule has 14 nitrogen and oxygen atoms in total. The van der Waals surface area contributed by atoms with Gasteiger partial charge in [-0.05, 0) is 108 Å². The lowest BCUT2D eigenvalue weighted by Gasteiger charge is -2.38. The summed E-state index contributed by atoms with van der Waals surface area (Å²) in [4.78, 5) is 69.1. The van der Waals surface area contributed by atoms with Crippen LogP contribution in [0.15, 0.2) is 65.8 Å². The van der Waals surface area contributed by atoms with Crippen molar-refractivity contribution < 1.29 is 33.4 Å². The van der Waals surface area contributed by atoms with Gasteiger partial charge in [0, 0.05) is 30.3 Å². The van der Waals surface area contributed by atoms with Crippen LogP contribution in [0.4, 0.5) is 15.3 Å². The van der Waals surface area contributed by atoms with Gasteiger partial charge in [-0.1, -0.05) is 58.0 Å². The molecule has 1 saturated carbocycles. The summed E-state index contributed by atoms with van der Waals surface area (Å²) in [5.74, 6) is 1.51. The van der Waals surface area contributed by atoms with Gasteiger partial charge < -0.3 is 39.6 Å². The van der Waals surface area contributed by atoms with Crippen molar-refractivity contribution in [1.82, 2.24) is 30.4 Å². The Hall–Kier alpha value is -6.18. The Morgan fingerprint density at radius 3 is 2.23 bits per heavy atom. The van der Waals surface area contributed by atoms with Crippen LogP contribution in [-0.2, 0) is 32.1 Å². The van der Waals surface area contributed by atoms with Crippen molar-refractivity contribution >= 4 is 35.4 Å². The van der Waals surface area contributed by atoms with Gasteiger partial charge in [-0.15, -0.1) is 0 Å². The number of imidazole rings is 1. The number of rotatable bonds is 10. The van der Waals surface area contributed by atoms with Crippen LogP contribution in [0.2, 0.25) is 0 Å². The van der Waals surface area contributed by atoms with Gasteiger partial charge in [-0.25, -0.2) is 14.6 Å². The molecule has 4 aromatic rings. The first-order valence-electron chi connectivity index (χ1n) is 21.9. The SMILES string of the molecule is COC(=O)N[C@H](C(=O)N1CCC[C@H]1c1ncc(-c2ccc3c(c2)COc2cc(-c4ccc5c(c4)CC([C@@H]4[C@@H]6CC[C@H](C6)N4C(=O)[C@@H](NC(=O)OC)C(C)C)=N5)ccc2-3)[nH]1)C(C)C. The van der Waals surface area contributed by atoms with Crippen LogP contribution >= 0.6 is 0 Å². The molecule has 6 atom stereocenters. The summed E-state index contributed by atoms with van der Waals surface area (Å²) in [5.41, 5.74) is 10.3. The monoisotopic (exact) mass is 841 g/mol. The van der Waals surface area contributed by atoms with E-state index in [1.54, 1.807) is 0 Å². The molecule has 2 bridgehead atoms. The average molecular weight is 842 g/mol. The molecule has 1 aromatic heterocycles. The van der Waals surface area contributed by atoms with Crippen molar-refractivity contribution in [1.29, 1.82) is 0 Å². The molecule has 0 unspecified atom stereocenters. The minimum absolute atomic E-state index is 0.0573. The highest BCUT2D eigenvalue weighted by Crippen LogP contribution is 2.47. The van der Waals surface area contributed by atoms with Crippen LogP contribution < -0.4 is 15.4 Å². The van der Waals surface area contributed by atoms with E-state index in [2.05, 4.69) is 70.2 Å². The first-order chi connectivity index (χ1) is 29.9. The predicted octanol–water partition coefficient (Wildman–Crippen LogP) is 7.74. The van der Waals surface area contributed by atoms with Crippen molar-refractivity contribution in [2.45, 2.75) is 103 Å². The lowest BCUT2D eigenvalue weighted by Crippen LogP contribution is -2.57. The molecule has 3 aromatic carbocycles. The van der Waals surface area contributed by atoms with Gasteiger partial charge in [0.2, 0.25) is 11.8 Å². The Bertz CT molecular complexity index is 2460. The molecule has 0 radical (unpaired) electrons. The Morgan fingerprint density at radius 2 is 1.48 bits per heavy atom. The van der Waals surface area contributed by atoms with E-state index in [9.17, 15) is 19.2 Å². The fraction of sp³-hybridized carbons (Fsp3) is 0.458. The molecule has 14 heteroatoms. The molecular formula is C48H55N7O7. The van der Waals surface area contributed by atoms with Gasteiger partial charge in [0.15, 0.2) is 0 Å². The topological polar surface area (TPSA) is 168 Å². The van der Waals surface area contributed by atoms with Crippen LogP contribution in [0.3, 0.4) is 0 Å². The van der Waals surface area contributed by atoms with E-state index in [1.165, 1.54) is 14.2 Å². The van der Waals surface area contributed by atoms with Crippen LogP contribution in [0.1, 0.15) is 82.8 Å². The normalized spacial score (nSPS) is 21.8. The average Bonchev–Trinajstić information content (AvgIpc) is 4.14. The number of H-pyrrole nitrogens is 1. The van der Waals surface area contributed by atoms with E-state index in [0.29, 0.717) is 25.5 Å². The van der Waals surface area contributed by atoms with Crippen LogP contribution in [0, 0.1) is 17.8 Å². The zero-order chi connectivity index (χ0) is 43.4. The highest BCUT2D eigenvalue weighted by molar-refractivity contribution is 6.02. The first-order valence-corrected chi connectivity index (χ1v) is 21.9. The number of carbonyl (C=O) groups excluding carboxylic acids is 4. The van der Waals surface area contributed by atoms with Crippen LogP contribution in [0.25, 0.3) is 33.5 Å². The molecule has 62 heavy (non-hydrogen) atoms. The molecule has 4 aliphatic heterocycles. The number of ether oxygens (including phenoxy) is 3. The largest absolute Gasteiger partial charge is 0.488 e.